The molecule has 0 N–H and O–H groups in total. The van der Waals surface area contributed by atoms with Crippen LogP contribution in [0.1, 0.15) is 23.1 Å². The van der Waals surface area contributed by atoms with Crippen molar-refractivity contribution in [1.82, 2.24) is 14.9 Å². The van der Waals surface area contributed by atoms with Gasteiger partial charge in [-0.05, 0) is 36.4 Å². The molecule has 24 heavy (non-hydrogen) atoms. The van der Waals surface area contributed by atoms with Crippen LogP contribution >= 0.6 is 23.1 Å². The van der Waals surface area contributed by atoms with E-state index < -0.39 is 17.1 Å². The molecule has 0 spiro atoms. The summed E-state index contributed by atoms with van der Waals surface area (Å²) in [5, 5.41) is 1.42. The van der Waals surface area contributed by atoms with Gasteiger partial charge in [0, 0.05) is 24.2 Å². The lowest BCUT2D eigenvalue weighted by molar-refractivity contribution is -0.141. The van der Waals surface area contributed by atoms with E-state index in [0.29, 0.717) is 13.1 Å². The minimum absolute atomic E-state index is 0.0427. The summed E-state index contributed by atoms with van der Waals surface area (Å²) in [6.07, 6.45) is -2.64. The van der Waals surface area contributed by atoms with E-state index in [4.69, 9.17) is 0 Å². The summed E-state index contributed by atoms with van der Waals surface area (Å²) in [5.41, 5.74) is 0.146. The van der Waals surface area contributed by atoms with Gasteiger partial charge in [-0.15, -0.1) is 11.3 Å². The highest BCUT2D eigenvalue weighted by atomic mass is 32.2. The molecule has 0 radical (unpaired) electrons. The summed E-state index contributed by atoms with van der Waals surface area (Å²) in [4.78, 5) is 22.9. The van der Waals surface area contributed by atoms with Gasteiger partial charge in [0.1, 0.15) is 5.69 Å². The number of halogens is 3. The van der Waals surface area contributed by atoms with E-state index in [9.17, 15) is 18.0 Å². The van der Waals surface area contributed by atoms with E-state index in [1.807, 2.05) is 11.4 Å². The smallest absolute Gasteiger partial charge is 0.337 e. The quantitative estimate of drug-likeness (QED) is 0.609. The first-order chi connectivity index (χ1) is 11.3. The second-order valence-corrected chi connectivity index (χ2v) is 7.67. The Hall–Kier alpha value is -1.61. The highest BCUT2D eigenvalue weighted by Crippen LogP contribution is 2.30. The molecule has 0 bridgehead atoms. The van der Waals surface area contributed by atoms with Crippen molar-refractivity contribution in [3.05, 3.63) is 39.8 Å². The van der Waals surface area contributed by atoms with E-state index in [0.717, 1.165) is 36.0 Å². The molecule has 1 atom stereocenters. The topological polar surface area (TPSA) is 46.1 Å². The van der Waals surface area contributed by atoms with Gasteiger partial charge in [-0.3, -0.25) is 4.79 Å². The van der Waals surface area contributed by atoms with E-state index in [1.165, 1.54) is 4.88 Å². The van der Waals surface area contributed by atoms with Gasteiger partial charge >= 0.3 is 6.18 Å². The van der Waals surface area contributed by atoms with Crippen LogP contribution in [0.3, 0.4) is 0 Å². The number of rotatable bonds is 3. The molecule has 0 fully saturated rings. The number of carbonyl (C=O) groups excluding carboxylic acids is 1. The predicted octanol–water partition coefficient (Wildman–Crippen LogP) is 3.62. The number of alkyl halides is 3. The summed E-state index contributed by atoms with van der Waals surface area (Å²) < 4.78 is 38.1. The molecule has 0 saturated carbocycles. The zero-order valence-corrected chi connectivity index (χ0v) is 14.3. The summed E-state index contributed by atoms with van der Waals surface area (Å²) in [6, 6.07) is 2.83. The fraction of sp³-hybridized carbons (Fsp3) is 0.400. The first kappa shape index (κ1) is 17.2. The van der Waals surface area contributed by atoms with Crippen LogP contribution in [-0.4, -0.2) is 32.6 Å². The van der Waals surface area contributed by atoms with Crippen LogP contribution in [0, 0.1) is 0 Å². The average molecular weight is 373 g/mol. The lowest BCUT2D eigenvalue weighted by Crippen LogP contribution is -2.39. The Morgan fingerprint density at radius 1 is 1.42 bits per heavy atom. The van der Waals surface area contributed by atoms with E-state index in [2.05, 4.69) is 9.97 Å². The number of amides is 1. The van der Waals surface area contributed by atoms with Crippen LogP contribution < -0.4 is 0 Å². The van der Waals surface area contributed by atoms with Gasteiger partial charge < -0.3 is 4.90 Å². The van der Waals surface area contributed by atoms with Gasteiger partial charge in [-0.1, -0.05) is 11.8 Å². The molecule has 128 valence electrons. The number of carbonyl (C=O) groups is 1. The lowest BCUT2D eigenvalue weighted by atomic mass is 10.1. The van der Waals surface area contributed by atoms with Gasteiger partial charge in [-0.2, -0.15) is 13.2 Å². The molecule has 0 aromatic carbocycles. The van der Waals surface area contributed by atoms with Crippen molar-refractivity contribution >= 4 is 29.0 Å². The molecule has 1 aliphatic heterocycles. The van der Waals surface area contributed by atoms with Crippen molar-refractivity contribution in [2.24, 2.45) is 0 Å². The van der Waals surface area contributed by atoms with Crippen LogP contribution in [0.2, 0.25) is 0 Å². The van der Waals surface area contributed by atoms with E-state index in [-0.39, 0.29) is 11.1 Å². The number of hydrogen-bond acceptors (Lipinski definition) is 5. The molecule has 2 aromatic heterocycles. The molecule has 4 nitrogen and oxygen atoms in total. The molecule has 0 aliphatic carbocycles. The Kier molecular flexibility index (Phi) is 4.82. The number of thiophene rings is 1. The summed E-state index contributed by atoms with van der Waals surface area (Å²) in [5.74, 6) is -0.113. The zero-order chi connectivity index (χ0) is 17.3. The molecular formula is C15H14F3N3OS2. The lowest BCUT2D eigenvalue weighted by Gasteiger charge is -2.29. The number of fused-ring (bicyclic) bond motifs is 1. The van der Waals surface area contributed by atoms with Crippen LogP contribution in [0.4, 0.5) is 13.2 Å². The SMILES string of the molecule is CC(Sc1nccc(C(F)(F)F)n1)C(=O)N1CCc2sccc2C1. The van der Waals surface area contributed by atoms with Crippen LogP contribution in [0.25, 0.3) is 0 Å². The molecule has 9 heteroatoms. The highest BCUT2D eigenvalue weighted by molar-refractivity contribution is 8.00. The molecule has 1 amide bonds. The second-order valence-electron chi connectivity index (χ2n) is 5.36. The minimum atomic E-state index is -4.52. The number of thioether (sulfide) groups is 1. The maximum Gasteiger partial charge on any atom is 0.433 e. The van der Waals surface area contributed by atoms with Gasteiger partial charge in [0.15, 0.2) is 5.16 Å². The van der Waals surface area contributed by atoms with Gasteiger partial charge in [0.2, 0.25) is 5.91 Å². The maximum atomic E-state index is 12.7. The third-order valence-corrected chi connectivity index (χ3v) is 5.66. The Labute approximate surface area is 145 Å². The Morgan fingerprint density at radius 3 is 2.96 bits per heavy atom. The molecule has 2 aromatic rings. The number of hydrogen-bond donors (Lipinski definition) is 0. The number of nitrogens with zero attached hydrogens (tertiary/aromatic N) is 3. The first-order valence-corrected chi connectivity index (χ1v) is 9.01. The molecule has 0 saturated heterocycles. The van der Waals surface area contributed by atoms with E-state index >= 15 is 0 Å². The van der Waals surface area contributed by atoms with Crippen molar-refractivity contribution in [2.75, 3.05) is 6.54 Å². The maximum absolute atomic E-state index is 12.7. The van der Waals surface area contributed by atoms with Crippen LogP contribution in [0.5, 0.6) is 0 Å². The van der Waals surface area contributed by atoms with Crippen LogP contribution in [0.15, 0.2) is 28.9 Å². The zero-order valence-electron chi connectivity index (χ0n) is 12.7. The first-order valence-electron chi connectivity index (χ1n) is 7.25. The molecule has 1 unspecified atom stereocenters. The van der Waals surface area contributed by atoms with Crippen molar-refractivity contribution in [3.8, 4) is 0 Å². The molecule has 3 heterocycles. The monoisotopic (exact) mass is 373 g/mol. The number of aromatic nitrogens is 2. The fourth-order valence-corrected chi connectivity index (χ4v) is 4.19. The Balaban J connectivity index is 1.67. The van der Waals surface area contributed by atoms with Crippen molar-refractivity contribution in [1.29, 1.82) is 0 Å². The summed E-state index contributed by atoms with van der Waals surface area (Å²) in [7, 11) is 0. The van der Waals surface area contributed by atoms with Crippen molar-refractivity contribution in [2.45, 2.75) is 36.5 Å². The molecule has 1 aliphatic rings. The van der Waals surface area contributed by atoms with Crippen LogP contribution in [-0.2, 0) is 23.9 Å². The average Bonchev–Trinajstić information content (AvgIpc) is 3.01. The Morgan fingerprint density at radius 2 is 2.21 bits per heavy atom. The summed E-state index contributed by atoms with van der Waals surface area (Å²) >= 11 is 2.63. The van der Waals surface area contributed by atoms with Gasteiger partial charge in [0.05, 0.1) is 5.25 Å². The summed E-state index contributed by atoms with van der Waals surface area (Å²) in [6.45, 7) is 2.84. The van der Waals surface area contributed by atoms with Crippen molar-refractivity contribution in [3.63, 3.8) is 0 Å². The molecule has 3 rings (SSSR count). The van der Waals surface area contributed by atoms with E-state index in [1.54, 1.807) is 23.2 Å². The normalized spacial score (nSPS) is 15.9. The minimum Gasteiger partial charge on any atom is -0.337 e. The standard InChI is InChI=1S/C15H14F3N3OS2/c1-9(24-14-19-5-2-12(20-14)15(16,17)18)13(22)21-6-3-11-10(8-21)4-7-23-11/h2,4-5,7,9H,3,6,8H2,1H3. The fourth-order valence-electron chi connectivity index (χ4n) is 2.46. The highest BCUT2D eigenvalue weighted by Gasteiger charge is 2.33. The van der Waals surface area contributed by atoms with Crippen molar-refractivity contribution < 1.29 is 18.0 Å². The van der Waals surface area contributed by atoms with Gasteiger partial charge in [0.25, 0.3) is 0 Å². The predicted molar refractivity (Wildman–Crippen MR) is 85.8 cm³/mol. The Bertz CT molecular complexity index is 748. The second kappa shape index (κ2) is 6.72. The third-order valence-electron chi connectivity index (χ3n) is 3.67. The van der Waals surface area contributed by atoms with Gasteiger partial charge in [-0.25, -0.2) is 9.97 Å². The molecular weight excluding hydrogens is 359 g/mol. The third kappa shape index (κ3) is 3.72. The largest absolute Gasteiger partial charge is 0.433 e.